The van der Waals surface area contributed by atoms with E-state index in [0.29, 0.717) is 10.6 Å². The predicted molar refractivity (Wildman–Crippen MR) is 106 cm³/mol. The van der Waals surface area contributed by atoms with Crippen molar-refractivity contribution in [1.82, 2.24) is 0 Å². The second-order valence-electron chi connectivity index (χ2n) is 6.49. The number of hydrogen-bond acceptors (Lipinski definition) is 4. The Kier molecular flexibility index (Phi) is 6.40. The number of nitrogens with one attached hydrogen (secondary N) is 1. The number of hydrogen-bond donors (Lipinski definition) is 1. The van der Waals surface area contributed by atoms with Gasteiger partial charge in [-0.2, -0.15) is 0 Å². The van der Waals surface area contributed by atoms with E-state index in [1.54, 1.807) is 18.2 Å². The molecule has 1 N–H and O–H groups in total. The molecule has 0 saturated carbocycles. The summed E-state index contributed by atoms with van der Waals surface area (Å²) in [5.41, 5.74) is 2.23. The first-order valence-corrected chi connectivity index (χ1v) is 9.87. The van der Waals surface area contributed by atoms with Crippen LogP contribution in [0.25, 0.3) is 6.08 Å². The van der Waals surface area contributed by atoms with Crippen LogP contribution in [-0.4, -0.2) is 19.0 Å². The number of carbonyl (C=O) groups is 2. The van der Waals surface area contributed by atoms with Gasteiger partial charge >= 0.3 is 5.97 Å². The van der Waals surface area contributed by atoms with Crippen LogP contribution in [0.3, 0.4) is 0 Å². The molecule has 1 heterocycles. The number of carbonyl (C=O) groups excluding carboxylic acids is 2. The molecule has 0 spiro atoms. The number of halogens is 1. The van der Waals surface area contributed by atoms with Gasteiger partial charge in [-0.1, -0.05) is 25.0 Å². The predicted octanol–water partition coefficient (Wildman–Crippen LogP) is 4.98. The highest BCUT2D eigenvalue weighted by Gasteiger charge is 2.25. The molecule has 6 heteroatoms. The Labute approximate surface area is 162 Å². The standard InChI is InChI=1S/C21H22FNO3S/c1-26-21(25)19-16-6-4-2-3-5-7-17(16)27-20(19)23-18(24)13-10-14-8-11-15(22)12-9-14/h8-13H,2-7H2,1H3,(H,23,24). The number of thiophene rings is 1. The lowest BCUT2D eigenvalue weighted by molar-refractivity contribution is -0.111. The van der Waals surface area contributed by atoms with Crippen LogP contribution in [0.1, 0.15) is 52.0 Å². The Morgan fingerprint density at radius 2 is 1.81 bits per heavy atom. The number of fused-ring (bicyclic) bond motifs is 1. The van der Waals surface area contributed by atoms with Gasteiger partial charge in [-0.3, -0.25) is 4.79 Å². The Bertz CT molecular complexity index is 855. The molecule has 0 fully saturated rings. The lowest BCUT2D eigenvalue weighted by Crippen LogP contribution is -2.12. The molecule has 3 rings (SSSR count). The molecule has 1 aliphatic carbocycles. The summed E-state index contributed by atoms with van der Waals surface area (Å²) in [6, 6.07) is 5.87. The number of benzene rings is 1. The van der Waals surface area contributed by atoms with Crippen LogP contribution in [0.2, 0.25) is 0 Å². The molecule has 0 saturated heterocycles. The van der Waals surface area contributed by atoms with Crippen LogP contribution in [0, 0.1) is 5.82 Å². The van der Waals surface area contributed by atoms with E-state index >= 15 is 0 Å². The van der Waals surface area contributed by atoms with Gasteiger partial charge in [0.05, 0.1) is 12.7 Å². The summed E-state index contributed by atoms with van der Waals surface area (Å²) in [4.78, 5) is 25.8. The third-order valence-corrected chi connectivity index (χ3v) is 5.80. The lowest BCUT2D eigenvalue weighted by atomic mass is 9.96. The molecular weight excluding hydrogens is 365 g/mol. The van der Waals surface area contributed by atoms with Crippen LogP contribution in [0.15, 0.2) is 30.3 Å². The Hall–Kier alpha value is -2.47. The van der Waals surface area contributed by atoms with Gasteiger partial charge in [-0.15, -0.1) is 11.3 Å². The van der Waals surface area contributed by atoms with Gasteiger partial charge in [0.15, 0.2) is 0 Å². The molecule has 142 valence electrons. The maximum absolute atomic E-state index is 13.0. The van der Waals surface area contributed by atoms with Gasteiger partial charge in [-0.05, 0) is 55.0 Å². The lowest BCUT2D eigenvalue weighted by Gasteiger charge is -2.10. The minimum Gasteiger partial charge on any atom is -0.465 e. The van der Waals surface area contributed by atoms with Crippen molar-refractivity contribution in [2.45, 2.75) is 38.5 Å². The SMILES string of the molecule is COC(=O)c1c(NC(=O)C=Cc2ccc(F)cc2)sc2c1CCCCCC2. The first-order chi connectivity index (χ1) is 13.1. The maximum atomic E-state index is 13.0. The summed E-state index contributed by atoms with van der Waals surface area (Å²) >= 11 is 1.46. The molecule has 0 unspecified atom stereocenters. The van der Waals surface area contributed by atoms with Crippen LogP contribution in [0.4, 0.5) is 9.39 Å². The van der Waals surface area contributed by atoms with Crippen molar-refractivity contribution in [3.05, 3.63) is 57.7 Å². The maximum Gasteiger partial charge on any atom is 0.341 e. The van der Waals surface area contributed by atoms with E-state index in [1.807, 2.05) is 0 Å². The summed E-state index contributed by atoms with van der Waals surface area (Å²) in [6.07, 6.45) is 9.20. The zero-order valence-corrected chi connectivity index (χ0v) is 16.0. The highest BCUT2D eigenvalue weighted by Crippen LogP contribution is 2.37. The summed E-state index contributed by atoms with van der Waals surface area (Å²) in [5.74, 6) is -1.07. The van der Waals surface area contributed by atoms with Gasteiger partial charge in [0, 0.05) is 11.0 Å². The zero-order valence-electron chi connectivity index (χ0n) is 15.2. The number of rotatable bonds is 4. The van der Waals surface area contributed by atoms with E-state index < -0.39 is 5.97 Å². The Morgan fingerprint density at radius 3 is 2.52 bits per heavy atom. The molecule has 4 nitrogen and oxygen atoms in total. The fraction of sp³-hybridized carbons (Fsp3) is 0.333. The monoisotopic (exact) mass is 387 g/mol. The summed E-state index contributed by atoms with van der Waals surface area (Å²) in [5, 5.41) is 3.37. The zero-order chi connectivity index (χ0) is 19.2. The number of amides is 1. The number of ether oxygens (including phenoxy) is 1. The van der Waals surface area contributed by atoms with Crippen molar-refractivity contribution in [3.63, 3.8) is 0 Å². The molecule has 2 aromatic rings. The summed E-state index contributed by atoms with van der Waals surface area (Å²) in [6.45, 7) is 0. The minimum absolute atomic E-state index is 0.324. The molecule has 27 heavy (non-hydrogen) atoms. The fourth-order valence-electron chi connectivity index (χ4n) is 3.22. The molecule has 1 aromatic heterocycles. The highest BCUT2D eigenvalue weighted by atomic mass is 32.1. The van der Waals surface area contributed by atoms with Crippen LogP contribution >= 0.6 is 11.3 Å². The van der Waals surface area contributed by atoms with Gasteiger partial charge in [0.25, 0.3) is 0 Å². The first-order valence-electron chi connectivity index (χ1n) is 9.06. The molecular formula is C21H22FNO3S. The quantitative estimate of drug-likeness (QED) is 0.594. The van der Waals surface area contributed by atoms with Crippen molar-refractivity contribution in [1.29, 1.82) is 0 Å². The molecule has 1 aromatic carbocycles. The first kappa shape index (κ1) is 19.3. The normalized spacial score (nSPS) is 14.3. The van der Waals surface area contributed by atoms with Crippen LogP contribution in [0.5, 0.6) is 0 Å². The summed E-state index contributed by atoms with van der Waals surface area (Å²) < 4.78 is 17.9. The molecule has 0 atom stereocenters. The molecule has 1 aliphatic rings. The van der Waals surface area contributed by atoms with Crippen molar-refractivity contribution in [2.24, 2.45) is 0 Å². The van der Waals surface area contributed by atoms with Crippen molar-refractivity contribution in [2.75, 3.05) is 12.4 Å². The van der Waals surface area contributed by atoms with Crippen LogP contribution < -0.4 is 5.32 Å². The number of aryl methyl sites for hydroxylation is 1. The second kappa shape index (κ2) is 8.95. The average Bonchev–Trinajstić information content (AvgIpc) is 2.96. The van der Waals surface area contributed by atoms with Crippen LogP contribution in [-0.2, 0) is 22.4 Å². The largest absolute Gasteiger partial charge is 0.465 e. The highest BCUT2D eigenvalue weighted by molar-refractivity contribution is 7.17. The Morgan fingerprint density at radius 1 is 1.11 bits per heavy atom. The second-order valence-corrected chi connectivity index (χ2v) is 7.59. The topological polar surface area (TPSA) is 55.4 Å². The van der Waals surface area contributed by atoms with E-state index in [1.165, 1.54) is 43.1 Å². The van der Waals surface area contributed by atoms with Gasteiger partial charge in [0.2, 0.25) is 5.91 Å². The smallest absolute Gasteiger partial charge is 0.341 e. The molecule has 0 radical (unpaired) electrons. The number of anilines is 1. The van der Waals surface area contributed by atoms with Crippen molar-refractivity contribution < 1.29 is 18.7 Å². The van der Waals surface area contributed by atoms with E-state index in [0.717, 1.165) is 48.1 Å². The average molecular weight is 387 g/mol. The molecule has 0 aliphatic heterocycles. The van der Waals surface area contributed by atoms with Gasteiger partial charge in [-0.25, -0.2) is 9.18 Å². The van der Waals surface area contributed by atoms with Gasteiger partial charge in [0.1, 0.15) is 10.8 Å². The number of methoxy groups -OCH3 is 1. The third kappa shape index (κ3) is 4.83. The number of esters is 1. The van der Waals surface area contributed by atoms with E-state index in [4.69, 9.17) is 4.74 Å². The third-order valence-electron chi connectivity index (χ3n) is 4.59. The fourth-order valence-corrected chi connectivity index (χ4v) is 4.51. The molecule has 0 bridgehead atoms. The van der Waals surface area contributed by atoms with E-state index in [9.17, 15) is 14.0 Å². The van der Waals surface area contributed by atoms with Gasteiger partial charge < -0.3 is 10.1 Å². The minimum atomic E-state index is -0.411. The van der Waals surface area contributed by atoms with E-state index in [2.05, 4.69) is 5.32 Å². The molecule has 1 amide bonds. The van der Waals surface area contributed by atoms with Crippen molar-refractivity contribution in [3.8, 4) is 0 Å². The van der Waals surface area contributed by atoms with E-state index in [-0.39, 0.29) is 11.7 Å². The Balaban J connectivity index is 1.82. The van der Waals surface area contributed by atoms with Crippen molar-refractivity contribution >= 4 is 34.3 Å². The summed E-state index contributed by atoms with van der Waals surface area (Å²) in [7, 11) is 1.36.